The monoisotopic (exact) mass is 362 g/mol. The first-order chi connectivity index (χ1) is 8.00. The normalized spacial score (nSPS) is 10.0. The van der Waals surface area contributed by atoms with Crippen molar-refractivity contribution in [3.63, 3.8) is 0 Å². The molecule has 0 atom stereocenters. The largest absolute Gasteiger partial charge is 0.370 e. The summed E-state index contributed by atoms with van der Waals surface area (Å²) >= 11 is 6.61. The van der Waals surface area contributed by atoms with Crippen LogP contribution in [0.2, 0.25) is 0 Å². The third kappa shape index (κ3) is 4.87. The highest BCUT2D eigenvalue weighted by Crippen LogP contribution is 2.21. The number of halogens is 2. The fourth-order valence-corrected chi connectivity index (χ4v) is 2.02. The van der Waals surface area contributed by atoms with Gasteiger partial charge in [0.2, 0.25) is 5.91 Å². The van der Waals surface area contributed by atoms with Gasteiger partial charge in [-0.2, -0.15) is 0 Å². The maximum atomic E-state index is 11.8. The molecule has 3 N–H and O–H groups in total. The Balaban J connectivity index is 2.52. The van der Waals surface area contributed by atoms with Gasteiger partial charge in [0.25, 0.3) is 5.91 Å². The van der Waals surface area contributed by atoms with E-state index in [9.17, 15) is 9.59 Å². The molecule has 0 unspecified atom stereocenters. The summed E-state index contributed by atoms with van der Waals surface area (Å²) in [5.41, 5.74) is 5.55. The molecule has 0 aliphatic carbocycles. The Hall–Kier alpha value is -0.880. The van der Waals surface area contributed by atoms with E-state index in [2.05, 4.69) is 37.2 Å². The molecule has 92 valence electrons. The Morgan fingerprint density at radius 3 is 2.65 bits per heavy atom. The van der Waals surface area contributed by atoms with Gasteiger partial charge in [-0.05, 0) is 40.5 Å². The second-order valence-corrected chi connectivity index (χ2v) is 5.22. The fraction of sp³-hybridized carbons (Fsp3) is 0.273. The number of carbonyl (C=O) groups is 2. The lowest BCUT2D eigenvalue weighted by Gasteiger charge is -2.06. The topological polar surface area (TPSA) is 72.2 Å². The lowest BCUT2D eigenvalue weighted by Crippen LogP contribution is -2.25. The van der Waals surface area contributed by atoms with Crippen LogP contribution in [-0.2, 0) is 4.79 Å². The molecule has 1 aromatic carbocycles. The van der Waals surface area contributed by atoms with Crippen LogP contribution in [0.5, 0.6) is 0 Å². The van der Waals surface area contributed by atoms with Crippen LogP contribution < -0.4 is 11.1 Å². The van der Waals surface area contributed by atoms with E-state index < -0.39 is 0 Å². The molecule has 0 saturated carbocycles. The van der Waals surface area contributed by atoms with Gasteiger partial charge in [-0.3, -0.25) is 9.59 Å². The molecule has 0 spiro atoms. The van der Waals surface area contributed by atoms with Crippen molar-refractivity contribution in [2.75, 3.05) is 6.54 Å². The highest BCUT2D eigenvalue weighted by atomic mass is 79.9. The molecular weight excluding hydrogens is 352 g/mol. The Bertz CT molecular complexity index is 435. The third-order valence-corrected chi connectivity index (χ3v) is 3.24. The molecule has 0 radical (unpaired) electrons. The minimum absolute atomic E-state index is 0.178. The summed E-state index contributed by atoms with van der Waals surface area (Å²) in [7, 11) is 0. The zero-order valence-electron chi connectivity index (χ0n) is 9.00. The summed E-state index contributed by atoms with van der Waals surface area (Å²) in [5.74, 6) is -0.537. The predicted molar refractivity (Wildman–Crippen MR) is 72.6 cm³/mol. The molecular formula is C11H12Br2N2O2. The first kappa shape index (κ1) is 14.2. The van der Waals surface area contributed by atoms with E-state index in [1.54, 1.807) is 12.1 Å². The molecule has 1 rings (SSSR count). The minimum atomic E-state index is -0.358. The first-order valence-electron chi connectivity index (χ1n) is 5.02. The number of hydrogen-bond donors (Lipinski definition) is 2. The molecule has 17 heavy (non-hydrogen) atoms. The van der Waals surface area contributed by atoms with Crippen molar-refractivity contribution < 1.29 is 9.59 Å². The fourth-order valence-electron chi connectivity index (χ4n) is 1.23. The lowest BCUT2D eigenvalue weighted by molar-refractivity contribution is -0.118. The summed E-state index contributed by atoms with van der Waals surface area (Å²) < 4.78 is 1.57. The molecule has 0 aromatic heterocycles. The van der Waals surface area contributed by atoms with E-state index in [4.69, 9.17) is 5.73 Å². The molecule has 0 fully saturated rings. The minimum Gasteiger partial charge on any atom is -0.370 e. The van der Waals surface area contributed by atoms with Gasteiger partial charge < -0.3 is 11.1 Å². The Labute approximate surface area is 116 Å². The van der Waals surface area contributed by atoms with E-state index in [0.717, 1.165) is 8.95 Å². The van der Waals surface area contributed by atoms with Crippen LogP contribution in [0.25, 0.3) is 0 Å². The van der Waals surface area contributed by atoms with E-state index in [-0.39, 0.29) is 18.2 Å². The van der Waals surface area contributed by atoms with Crippen molar-refractivity contribution >= 4 is 43.7 Å². The van der Waals surface area contributed by atoms with Crippen molar-refractivity contribution in [1.29, 1.82) is 0 Å². The van der Waals surface area contributed by atoms with Crippen LogP contribution in [0.15, 0.2) is 27.1 Å². The van der Waals surface area contributed by atoms with Gasteiger partial charge in [-0.15, -0.1) is 0 Å². The van der Waals surface area contributed by atoms with Crippen molar-refractivity contribution in [2.45, 2.75) is 12.8 Å². The average Bonchev–Trinajstić information content (AvgIpc) is 2.27. The second-order valence-electron chi connectivity index (χ2n) is 3.45. The summed E-state index contributed by atoms with van der Waals surface area (Å²) in [4.78, 5) is 22.3. The van der Waals surface area contributed by atoms with Crippen molar-refractivity contribution in [1.82, 2.24) is 5.32 Å². The van der Waals surface area contributed by atoms with Crippen LogP contribution in [0.1, 0.15) is 23.2 Å². The molecule has 0 saturated heterocycles. The quantitative estimate of drug-likeness (QED) is 0.787. The molecule has 6 heteroatoms. The zero-order valence-corrected chi connectivity index (χ0v) is 12.2. The van der Waals surface area contributed by atoms with Crippen molar-refractivity contribution in [3.05, 3.63) is 32.7 Å². The van der Waals surface area contributed by atoms with Crippen LogP contribution in [0.4, 0.5) is 0 Å². The summed E-state index contributed by atoms with van der Waals surface area (Å²) in [5, 5.41) is 2.72. The Kier molecular flexibility index (Phi) is 5.64. The highest BCUT2D eigenvalue weighted by molar-refractivity contribution is 9.11. The Morgan fingerprint density at radius 2 is 2.00 bits per heavy atom. The van der Waals surface area contributed by atoms with Crippen LogP contribution in [0.3, 0.4) is 0 Å². The van der Waals surface area contributed by atoms with E-state index in [0.29, 0.717) is 18.5 Å². The molecule has 0 aliphatic rings. The number of primary amides is 1. The Morgan fingerprint density at radius 1 is 1.29 bits per heavy atom. The number of nitrogens with one attached hydrogen (secondary N) is 1. The van der Waals surface area contributed by atoms with Crippen molar-refractivity contribution in [3.8, 4) is 0 Å². The van der Waals surface area contributed by atoms with Crippen LogP contribution in [0, 0.1) is 0 Å². The van der Waals surface area contributed by atoms with Gasteiger partial charge in [-0.25, -0.2) is 0 Å². The summed E-state index contributed by atoms with van der Waals surface area (Å²) in [6.45, 7) is 0.431. The van der Waals surface area contributed by atoms with Crippen LogP contribution in [-0.4, -0.2) is 18.4 Å². The van der Waals surface area contributed by atoms with Crippen molar-refractivity contribution in [2.24, 2.45) is 5.73 Å². The van der Waals surface area contributed by atoms with Gasteiger partial charge in [-0.1, -0.05) is 15.9 Å². The maximum absolute atomic E-state index is 11.8. The van der Waals surface area contributed by atoms with E-state index >= 15 is 0 Å². The van der Waals surface area contributed by atoms with Gasteiger partial charge in [0.15, 0.2) is 0 Å². The van der Waals surface area contributed by atoms with Gasteiger partial charge in [0, 0.05) is 21.9 Å². The summed E-state index contributed by atoms with van der Waals surface area (Å²) in [6.07, 6.45) is 0.826. The predicted octanol–water partition coefficient (Wildman–Crippen LogP) is 2.21. The van der Waals surface area contributed by atoms with Gasteiger partial charge in [0.05, 0.1) is 5.56 Å². The van der Waals surface area contributed by atoms with Gasteiger partial charge >= 0.3 is 0 Å². The molecule has 1 aromatic rings. The number of benzene rings is 1. The average molecular weight is 364 g/mol. The first-order valence-corrected chi connectivity index (χ1v) is 6.61. The lowest BCUT2D eigenvalue weighted by atomic mass is 10.2. The smallest absolute Gasteiger partial charge is 0.252 e. The summed E-state index contributed by atoms with van der Waals surface area (Å²) in [6, 6.07) is 5.36. The van der Waals surface area contributed by atoms with Gasteiger partial charge in [0.1, 0.15) is 0 Å². The SMILES string of the molecule is NC(=O)CCCNC(=O)c1cc(Br)ccc1Br. The zero-order chi connectivity index (χ0) is 12.8. The molecule has 2 amide bonds. The standard InChI is InChI=1S/C11H12Br2N2O2/c12-7-3-4-9(13)8(6-7)11(17)15-5-1-2-10(14)16/h3-4,6H,1-2,5H2,(H2,14,16)(H,15,17). The number of amides is 2. The van der Waals surface area contributed by atoms with Crippen LogP contribution >= 0.6 is 31.9 Å². The number of carbonyl (C=O) groups excluding carboxylic acids is 2. The maximum Gasteiger partial charge on any atom is 0.252 e. The number of rotatable bonds is 5. The molecule has 0 bridgehead atoms. The van der Waals surface area contributed by atoms with E-state index in [1.165, 1.54) is 0 Å². The molecule has 4 nitrogen and oxygen atoms in total. The number of hydrogen-bond acceptors (Lipinski definition) is 2. The molecule has 0 aliphatic heterocycles. The number of nitrogens with two attached hydrogens (primary N) is 1. The second kappa shape index (κ2) is 6.76. The highest BCUT2D eigenvalue weighted by Gasteiger charge is 2.09. The third-order valence-electron chi connectivity index (χ3n) is 2.06. The molecule has 0 heterocycles. The van der Waals surface area contributed by atoms with E-state index in [1.807, 2.05) is 6.07 Å².